The molecule has 0 aliphatic rings. The molecule has 9 heteroatoms. The zero-order chi connectivity index (χ0) is 24.7. The molecule has 1 N–H and O–H groups in total. The number of amides is 1. The molecule has 180 valence electrons. The fraction of sp³-hybridized carbons (Fsp3) is 0.240. The van der Waals surface area contributed by atoms with Crippen molar-refractivity contribution in [3.05, 3.63) is 72.3 Å². The summed E-state index contributed by atoms with van der Waals surface area (Å²) in [5.41, 5.74) is 0.489. The first-order chi connectivity index (χ1) is 16.3. The van der Waals surface area contributed by atoms with Crippen LogP contribution in [0.2, 0.25) is 0 Å². The Balaban J connectivity index is 2.04. The fourth-order valence-corrected chi connectivity index (χ4v) is 4.80. The summed E-state index contributed by atoms with van der Waals surface area (Å²) in [7, 11) is -0.769. The second-order valence-corrected chi connectivity index (χ2v) is 9.16. The second kappa shape index (κ2) is 11.0. The maximum Gasteiger partial charge on any atom is 0.256 e. The number of methoxy groups -OCH3 is 2. The standard InChI is InChI=1S/C25H28N2O6S/c1-5-27(6-2)34(29,30)22-12-13-24(33-19-10-8-7-9-11-19)23(17-22)26-25(28)18-14-20(31-3)16-21(15-18)32-4/h7-17H,5-6H2,1-4H3,(H,26,28). The molecular formula is C25H28N2O6S. The molecule has 0 aliphatic carbocycles. The molecule has 8 nitrogen and oxygen atoms in total. The molecule has 0 saturated carbocycles. The van der Waals surface area contributed by atoms with Crippen molar-refractivity contribution < 1.29 is 27.4 Å². The molecule has 0 aliphatic heterocycles. The molecule has 0 heterocycles. The molecule has 0 fully saturated rings. The summed E-state index contributed by atoms with van der Waals surface area (Å²) in [6, 6.07) is 18.2. The maximum absolute atomic E-state index is 13.1. The number of benzene rings is 3. The highest BCUT2D eigenvalue weighted by atomic mass is 32.2. The number of carbonyl (C=O) groups excluding carboxylic acids is 1. The summed E-state index contributed by atoms with van der Waals surface area (Å²) in [5, 5.41) is 2.78. The van der Waals surface area contributed by atoms with Crippen LogP contribution >= 0.6 is 0 Å². The van der Waals surface area contributed by atoms with E-state index in [-0.39, 0.29) is 16.1 Å². The Morgan fingerprint density at radius 1 is 0.853 bits per heavy atom. The number of hydrogen-bond donors (Lipinski definition) is 1. The van der Waals surface area contributed by atoms with Crippen molar-refractivity contribution in [1.82, 2.24) is 4.31 Å². The summed E-state index contributed by atoms with van der Waals surface area (Å²) < 4.78 is 43.9. The van der Waals surface area contributed by atoms with E-state index in [1.54, 1.807) is 44.2 Å². The third kappa shape index (κ3) is 5.67. The molecule has 3 aromatic rings. The average molecular weight is 485 g/mol. The Morgan fingerprint density at radius 2 is 1.47 bits per heavy atom. The molecule has 0 aromatic heterocycles. The van der Waals surface area contributed by atoms with Gasteiger partial charge in [0.2, 0.25) is 10.0 Å². The molecule has 0 atom stereocenters. The minimum atomic E-state index is -3.75. The molecule has 34 heavy (non-hydrogen) atoms. The van der Waals surface area contributed by atoms with E-state index in [1.165, 1.54) is 36.7 Å². The van der Waals surface area contributed by atoms with Gasteiger partial charge in [-0.3, -0.25) is 4.79 Å². The van der Waals surface area contributed by atoms with Crippen LogP contribution in [0.1, 0.15) is 24.2 Å². The van der Waals surface area contributed by atoms with Crippen molar-refractivity contribution in [2.45, 2.75) is 18.7 Å². The first kappa shape index (κ1) is 25.1. The molecule has 0 unspecified atom stereocenters. The fourth-order valence-electron chi connectivity index (χ4n) is 3.32. The molecule has 0 bridgehead atoms. The van der Waals surface area contributed by atoms with Gasteiger partial charge in [-0.05, 0) is 42.5 Å². The average Bonchev–Trinajstić information content (AvgIpc) is 2.85. The predicted octanol–water partition coefficient (Wildman–Crippen LogP) is 4.78. The van der Waals surface area contributed by atoms with Gasteiger partial charge in [0.1, 0.15) is 17.2 Å². The number of anilines is 1. The Morgan fingerprint density at radius 3 is 2.03 bits per heavy atom. The highest BCUT2D eigenvalue weighted by molar-refractivity contribution is 7.89. The van der Waals surface area contributed by atoms with Gasteiger partial charge in [0.05, 0.1) is 24.8 Å². The van der Waals surface area contributed by atoms with Gasteiger partial charge >= 0.3 is 0 Å². The Bertz CT molecular complexity index is 1220. The molecule has 0 radical (unpaired) electrons. The molecule has 0 spiro atoms. The zero-order valence-electron chi connectivity index (χ0n) is 19.6. The summed E-state index contributed by atoms with van der Waals surface area (Å²) in [4.78, 5) is 13.2. The van der Waals surface area contributed by atoms with E-state index < -0.39 is 15.9 Å². The third-order valence-electron chi connectivity index (χ3n) is 5.13. The minimum Gasteiger partial charge on any atom is -0.497 e. The van der Waals surface area contributed by atoms with Gasteiger partial charge in [0.15, 0.2) is 5.75 Å². The third-order valence-corrected chi connectivity index (χ3v) is 7.17. The van der Waals surface area contributed by atoms with Crippen LogP contribution in [-0.2, 0) is 10.0 Å². The summed E-state index contributed by atoms with van der Waals surface area (Å²) >= 11 is 0. The first-order valence-electron chi connectivity index (χ1n) is 10.7. The van der Waals surface area contributed by atoms with E-state index in [4.69, 9.17) is 14.2 Å². The number of rotatable bonds is 10. The van der Waals surface area contributed by atoms with E-state index in [2.05, 4.69) is 5.32 Å². The topological polar surface area (TPSA) is 94.2 Å². The molecule has 3 aromatic carbocycles. The van der Waals surface area contributed by atoms with E-state index in [1.807, 2.05) is 18.2 Å². The van der Waals surface area contributed by atoms with Crippen molar-refractivity contribution in [2.75, 3.05) is 32.6 Å². The number of para-hydroxylation sites is 1. The van der Waals surface area contributed by atoms with Crippen molar-refractivity contribution in [3.63, 3.8) is 0 Å². The van der Waals surface area contributed by atoms with Gasteiger partial charge in [-0.25, -0.2) is 8.42 Å². The van der Waals surface area contributed by atoms with E-state index in [0.717, 1.165) is 0 Å². The molecule has 1 amide bonds. The number of sulfonamides is 1. The first-order valence-corrected chi connectivity index (χ1v) is 12.2. The Hall–Kier alpha value is -3.56. The van der Waals surface area contributed by atoms with Crippen LogP contribution in [0.25, 0.3) is 0 Å². The number of nitrogens with one attached hydrogen (secondary N) is 1. The van der Waals surface area contributed by atoms with Crippen molar-refractivity contribution in [2.24, 2.45) is 0 Å². The van der Waals surface area contributed by atoms with Gasteiger partial charge in [-0.1, -0.05) is 32.0 Å². The van der Waals surface area contributed by atoms with Crippen LogP contribution in [0.3, 0.4) is 0 Å². The normalized spacial score (nSPS) is 11.2. The van der Waals surface area contributed by atoms with E-state index >= 15 is 0 Å². The quantitative estimate of drug-likeness (QED) is 0.445. The van der Waals surface area contributed by atoms with Crippen molar-refractivity contribution >= 4 is 21.6 Å². The van der Waals surface area contributed by atoms with Gasteiger partial charge in [-0.15, -0.1) is 0 Å². The SMILES string of the molecule is CCN(CC)S(=O)(=O)c1ccc(Oc2ccccc2)c(NC(=O)c2cc(OC)cc(OC)c2)c1. The van der Waals surface area contributed by atoms with Crippen LogP contribution in [0.15, 0.2) is 71.6 Å². The lowest BCUT2D eigenvalue weighted by atomic mass is 10.1. The lowest BCUT2D eigenvalue weighted by molar-refractivity contribution is 0.102. The number of carbonyl (C=O) groups is 1. The smallest absolute Gasteiger partial charge is 0.256 e. The van der Waals surface area contributed by atoms with Gasteiger partial charge in [0.25, 0.3) is 5.91 Å². The maximum atomic E-state index is 13.1. The summed E-state index contributed by atoms with van der Waals surface area (Å²) in [6.07, 6.45) is 0. The molecular weight excluding hydrogens is 456 g/mol. The number of ether oxygens (including phenoxy) is 3. The van der Waals surface area contributed by atoms with E-state index in [9.17, 15) is 13.2 Å². The van der Waals surface area contributed by atoms with Crippen LogP contribution in [0.5, 0.6) is 23.0 Å². The largest absolute Gasteiger partial charge is 0.497 e. The lowest BCUT2D eigenvalue weighted by Gasteiger charge is -2.20. The van der Waals surface area contributed by atoms with Gasteiger partial charge in [0, 0.05) is 24.7 Å². The van der Waals surface area contributed by atoms with Crippen molar-refractivity contribution in [1.29, 1.82) is 0 Å². The number of hydrogen-bond acceptors (Lipinski definition) is 6. The second-order valence-electron chi connectivity index (χ2n) is 7.22. The van der Waals surface area contributed by atoms with Crippen LogP contribution in [0.4, 0.5) is 5.69 Å². The lowest BCUT2D eigenvalue weighted by Crippen LogP contribution is -2.30. The Kier molecular flexibility index (Phi) is 8.14. The molecule has 0 saturated heterocycles. The Labute approximate surface area is 200 Å². The molecule has 3 rings (SSSR count). The van der Waals surface area contributed by atoms with E-state index in [0.29, 0.717) is 36.1 Å². The monoisotopic (exact) mass is 484 g/mol. The van der Waals surface area contributed by atoms with Gasteiger partial charge < -0.3 is 19.5 Å². The van der Waals surface area contributed by atoms with Gasteiger partial charge in [-0.2, -0.15) is 4.31 Å². The zero-order valence-corrected chi connectivity index (χ0v) is 20.4. The highest BCUT2D eigenvalue weighted by Gasteiger charge is 2.24. The van der Waals surface area contributed by atoms with Crippen LogP contribution < -0.4 is 19.5 Å². The minimum absolute atomic E-state index is 0.0511. The summed E-state index contributed by atoms with van der Waals surface area (Å²) in [6.45, 7) is 4.19. The number of nitrogens with zero attached hydrogens (tertiary/aromatic N) is 1. The van der Waals surface area contributed by atoms with Crippen molar-refractivity contribution in [3.8, 4) is 23.0 Å². The highest BCUT2D eigenvalue weighted by Crippen LogP contribution is 2.33. The predicted molar refractivity (Wildman–Crippen MR) is 131 cm³/mol. The van der Waals surface area contributed by atoms with Crippen LogP contribution in [0, 0.1) is 0 Å². The van der Waals surface area contributed by atoms with Crippen LogP contribution in [-0.4, -0.2) is 45.9 Å². The summed E-state index contributed by atoms with van der Waals surface area (Å²) in [5.74, 6) is 1.26.